The smallest absolute Gasteiger partial charge is 0.119 e. The van der Waals surface area contributed by atoms with Crippen molar-refractivity contribution in [1.29, 1.82) is 0 Å². The van der Waals surface area contributed by atoms with Gasteiger partial charge in [0.1, 0.15) is 18.5 Å². The zero-order chi connectivity index (χ0) is 15.8. The van der Waals surface area contributed by atoms with Crippen LogP contribution in [0.2, 0.25) is 0 Å². The average molecular weight is 301 g/mol. The third kappa shape index (κ3) is 5.71. The number of rotatable bonds is 8. The number of nitrogens with zero attached hydrogens (tertiary/aromatic N) is 2. The van der Waals surface area contributed by atoms with Crippen LogP contribution in [-0.2, 0) is 6.54 Å². The minimum atomic E-state index is -0.488. The Labute approximate surface area is 131 Å². The Bertz CT molecular complexity index is 544. The van der Waals surface area contributed by atoms with Gasteiger partial charge in [0, 0.05) is 31.2 Å². The largest absolute Gasteiger partial charge is 0.491 e. The molecule has 0 spiro atoms. The zero-order valence-electron chi connectivity index (χ0n) is 13.1. The molecule has 0 aliphatic heterocycles. The van der Waals surface area contributed by atoms with Crippen LogP contribution in [0.4, 0.5) is 5.69 Å². The van der Waals surface area contributed by atoms with Crippen LogP contribution in [0.1, 0.15) is 5.56 Å². The van der Waals surface area contributed by atoms with Crippen molar-refractivity contribution in [3.63, 3.8) is 0 Å². The summed E-state index contributed by atoms with van der Waals surface area (Å²) >= 11 is 0. The number of benzene rings is 1. The van der Waals surface area contributed by atoms with Gasteiger partial charge in [-0.25, -0.2) is 0 Å². The first kappa shape index (κ1) is 16.3. The molecule has 1 atom stereocenters. The highest BCUT2D eigenvalue weighted by Crippen LogP contribution is 2.16. The second-order valence-corrected chi connectivity index (χ2v) is 5.47. The van der Waals surface area contributed by atoms with E-state index in [1.54, 1.807) is 6.20 Å². The van der Waals surface area contributed by atoms with E-state index in [-0.39, 0.29) is 0 Å². The van der Waals surface area contributed by atoms with Crippen molar-refractivity contribution >= 4 is 5.69 Å². The van der Waals surface area contributed by atoms with Gasteiger partial charge < -0.3 is 20.1 Å². The standard InChI is InChI=1S/C17H23N3O2/c1-20(2)12-16(21)13-22-17-7-5-15(6-8-17)19-11-14-4-3-9-18-10-14/h3-10,16,19,21H,11-13H2,1-2H3. The van der Waals surface area contributed by atoms with E-state index in [4.69, 9.17) is 4.74 Å². The lowest BCUT2D eigenvalue weighted by molar-refractivity contribution is 0.0831. The quantitative estimate of drug-likeness (QED) is 0.781. The summed E-state index contributed by atoms with van der Waals surface area (Å²) in [6, 6.07) is 11.7. The summed E-state index contributed by atoms with van der Waals surface area (Å²) in [7, 11) is 3.85. The van der Waals surface area contributed by atoms with Crippen molar-refractivity contribution in [3.8, 4) is 5.75 Å². The van der Waals surface area contributed by atoms with Gasteiger partial charge in [0.2, 0.25) is 0 Å². The number of hydrogen-bond donors (Lipinski definition) is 2. The van der Waals surface area contributed by atoms with E-state index in [1.165, 1.54) is 0 Å². The Morgan fingerprint density at radius 3 is 2.64 bits per heavy atom. The third-order valence-electron chi connectivity index (χ3n) is 3.09. The predicted octanol–water partition coefficient (Wildman–Crippen LogP) is 1.99. The van der Waals surface area contributed by atoms with Gasteiger partial charge in [-0.1, -0.05) is 6.07 Å². The number of likely N-dealkylation sites (N-methyl/N-ethyl adjacent to an activating group) is 1. The first-order valence-corrected chi connectivity index (χ1v) is 7.32. The van der Waals surface area contributed by atoms with Crippen molar-refractivity contribution < 1.29 is 9.84 Å². The molecule has 0 saturated carbocycles. The van der Waals surface area contributed by atoms with Crippen molar-refractivity contribution in [1.82, 2.24) is 9.88 Å². The van der Waals surface area contributed by atoms with Crippen molar-refractivity contribution in [3.05, 3.63) is 54.4 Å². The molecule has 2 aromatic rings. The molecule has 0 aliphatic rings. The van der Waals surface area contributed by atoms with Gasteiger partial charge >= 0.3 is 0 Å². The molecule has 0 saturated heterocycles. The van der Waals surface area contributed by atoms with Crippen LogP contribution < -0.4 is 10.1 Å². The average Bonchev–Trinajstić information content (AvgIpc) is 2.52. The highest BCUT2D eigenvalue weighted by Gasteiger charge is 2.06. The molecule has 5 nitrogen and oxygen atoms in total. The number of anilines is 1. The van der Waals surface area contributed by atoms with E-state index < -0.39 is 6.10 Å². The number of pyridine rings is 1. The minimum Gasteiger partial charge on any atom is -0.491 e. The van der Waals surface area contributed by atoms with E-state index in [0.717, 1.165) is 23.5 Å². The van der Waals surface area contributed by atoms with Crippen molar-refractivity contribution in [2.45, 2.75) is 12.6 Å². The highest BCUT2D eigenvalue weighted by molar-refractivity contribution is 5.46. The van der Waals surface area contributed by atoms with Crippen LogP contribution in [0.15, 0.2) is 48.8 Å². The first-order valence-electron chi connectivity index (χ1n) is 7.32. The van der Waals surface area contributed by atoms with Crippen LogP contribution in [0.25, 0.3) is 0 Å². The van der Waals surface area contributed by atoms with Gasteiger partial charge in [0.15, 0.2) is 0 Å². The van der Waals surface area contributed by atoms with E-state index in [0.29, 0.717) is 13.2 Å². The molecule has 22 heavy (non-hydrogen) atoms. The number of aromatic nitrogens is 1. The molecule has 1 unspecified atom stereocenters. The SMILES string of the molecule is CN(C)CC(O)COc1ccc(NCc2cccnc2)cc1. The summed E-state index contributed by atoms with van der Waals surface area (Å²) in [6.45, 7) is 1.61. The zero-order valence-corrected chi connectivity index (χ0v) is 13.1. The fraction of sp³-hybridized carbons (Fsp3) is 0.353. The predicted molar refractivity (Wildman–Crippen MR) is 88.1 cm³/mol. The van der Waals surface area contributed by atoms with Gasteiger partial charge in [-0.3, -0.25) is 4.98 Å². The minimum absolute atomic E-state index is 0.292. The molecule has 2 N–H and O–H groups in total. The molecule has 0 radical (unpaired) electrons. The van der Waals surface area contributed by atoms with Gasteiger partial charge in [-0.05, 0) is 50.0 Å². The summed E-state index contributed by atoms with van der Waals surface area (Å²) in [5, 5.41) is 13.1. The summed E-state index contributed by atoms with van der Waals surface area (Å²) < 4.78 is 5.57. The van der Waals surface area contributed by atoms with Crippen LogP contribution in [0.3, 0.4) is 0 Å². The van der Waals surface area contributed by atoms with E-state index in [2.05, 4.69) is 10.3 Å². The Morgan fingerprint density at radius 2 is 2.00 bits per heavy atom. The maximum atomic E-state index is 9.76. The first-order chi connectivity index (χ1) is 10.6. The summed E-state index contributed by atoms with van der Waals surface area (Å²) in [5.74, 6) is 0.754. The van der Waals surface area contributed by atoms with E-state index >= 15 is 0 Å². The van der Waals surface area contributed by atoms with Crippen LogP contribution in [0, 0.1) is 0 Å². The fourth-order valence-electron chi connectivity index (χ4n) is 2.04. The number of aliphatic hydroxyl groups is 1. The summed E-state index contributed by atoms with van der Waals surface area (Å²) in [6.07, 6.45) is 3.12. The second kappa shape index (κ2) is 8.36. The summed E-state index contributed by atoms with van der Waals surface area (Å²) in [4.78, 5) is 6.02. The highest BCUT2D eigenvalue weighted by atomic mass is 16.5. The van der Waals surface area contributed by atoms with Gasteiger partial charge in [-0.2, -0.15) is 0 Å². The Hall–Kier alpha value is -2.11. The molecule has 1 aromatic heterocycles. The molecule has 1 aromatic carbocycles. The maximum Gasteiger partial charge on any atom is 0.119 e. The molecule has 0 amide bonds. The fourth-order valence-corrected chi connectivity index (χ4v) is 2.04. The monoisotopic (exact) mass is 301 g/mol. The molecule has 2 rings (SSSR count). The maximum absolute atomic E-state index is 9.76. The van der Waals surface area contributed by atoms with Crippen LogP contribution in [0.5, 0.6) is 5.75 Å². The van der Waals surface area contributed by atoms with Crippen LogP contribution >= 0.6 is 0 Å². The normalized spacial score (nSPS) is 12.2. The van der Waals surface area contributed by atoms with Gasteiger partial charge in [-0.15, -0.1) is 0 Å². The molecule has 1 heterocycles. The molecule has 0 fully saturated rings. The van der Waals surface area contributed by atoms with E-state index in [9.17, 15) is 5.11 Å². The Morgan fingerprint density at radius 1 is 1.23 bits per heavy atom. The Balaban J connectivity index is 1.78. The molecule has 5 heteroatoms. The summed E-state index contributed by atoms with van der Waals surface area (Å²) in [5.41, 5.74) is 2.15. The third-order valence-corrected chi connectivity index (χ3v) is 3.09. The lowest BCUT2D eigenvalue weighted by atomic mass is 10.2. The lowest BCUT2D eigenvalue weighted by Gasteiger charge is -2.16. The van der Waals surface area contributed by atoms with E-state index in [1.807, 2.05) is 61.6 Å². The number of aliphatic hydroxyl groups excluding tert-OH is 1. The molecular weight excluding hydrogens is 278 g/mol. The molecular formula is C17H23N3O2. The molecule has 118 valence electrons. The van der Waals surface area contributed by atoms with Gasteiger partial charge in [0.05, 0.1) is 0 Å². The number of hydrogen-bond acceptors (Lipinski definition) is 5. The topological polar surface area (TPSA) is 57.6 Å². The number of nitrogens with one attached hydrogen (secondary N) is 1. The van der Waals surface area contributed by atoms with Crippen molar-refractivity contribution in [2.24, 2.45) is 0 Å². The lowest BCUT2D eigenvalue weighted by Crippen LogP contribution is -2.30. The number of ether oxygens (including phenoxy) is 1. The molecule has 0 aliphatic carbocycles. The Kier molecular flexibility index (Phi) is 6.18. The van der Waals surface area contributed by atoms with Crippen LogP contribution in [-0.4, -0.2) is 48.3 Å². The second-order valence-electron chi connectivity index (χ2n) is 5.47. The van der Waals surface area contributed by atoms with Gasteiger partial charge in [0.25, 0.3) is 0 Å². The molecule has 0 bridgehead atoms. The van der Waals surface area contributed by atoms with Crippen molar-refractivity contribution in [2.75, 3.05) is 32.6 Å².